The van der Waals surface area contributed by atoms with Crippen LogP contribution in [0.3, 0.4) is 0 Å². The molecule has 3 saturated heterocycles. The second-order valence-corrected chi connectivity index (χ2v) is 10.4. The predicted octanol–water partition coefficient (Wildman–Crippen LogP) is 1.06. The quantitative estimate of drug-likeness (QED) is 0.668. The van der Waals surface area contributed by atoms with E-state index in [1.807, 2.05) is 24.3 Å². The first-order chi connectivity index (χ1) is 16.9. The molecule has 0 radical (unpaired) electrons. The summed E-state index contributed by atoms with van der Waals surface area (Å²) in [5.41, 5.74) is 0.628. The first kappa shape index (κ1) is 24.2. The van der Waals surface area contributed by atoms with Crippen LogP contribution in [-0.4, -0.2) is 105 Å². The van der Waals surface area contributed by atoms with Crippen LogP contribution in [0.2, 0.25) is 0 Å². The van der Waals surface area contributed by atoms with Crippen molar-refractivity contribution in [3.63, 3.8) is 0 Å². The Labute approximate surface area is 206 Å². The van der Waals surface area contributed by atoms with Gasteiger partial charge in [-0.3, -0.25) is 14.4 Å². The van der Waals surface area contributed by atoms with Crippen LogP contribution < -0.4 is 10.2 Å². The second-order valence-electron chi connectivity index (χ2n) is 10.4. The average Bonchev–Trinajstić information content (AvgIpc) is 3.45. The standard InChI is InChI=1S/C26H36N4O5/c1-28-12-14-29(15-13-28)19-8-6-18(7-9-19)24(32)27-26(10-4-3-5-11-26)25(33)30-16-21(34-2)23-22(30)20(31)17-35-23/h6-9,21-23H,3-5,10-17H2,1-2H3,(H,27,32)/t21-,22+,23+/m0/s1. The van der Waals surface area contributed by atoms with Gasteiger partial charge < -0.3 is 29.5 Å². The molecule has 3 aliphatic heterocycles. The summed E-state index contributed by atoms with van der Waals surface area (Å²) < 4.78 is 11.2. The maximum atomic E-state index is 14.0. The van der Waals surface area contributed by atoms with Crippen molar-refractivity contribution < 1.29 is 23.9 Å². The van der Waals surface area contributed by atoms with Crippen molar-refractivity contribution in [1.29, 1.82) is 0 Å². The van der Waals surface area contributed by atoms with Crippen molar-refractivity contribution in [3.05, 3.63) is 29.8 Å². The van der Waals surface area contributed by atoms with Crippen LogP contribution in [0.15, 0.2) is 24.3 Å². The van der Waals surface area contributed by atoms with E-state index in [0.29, 0.717) is 24.9 Å². The molecule has 1 N–H and O–H groups in total. The fraction of sp³-hybridized carbons (Fsp3) is 0.654. The number of hydrogen-bond acceptors (Lipinski definition) is 7. The van der Waals surface area contributed by atoms with Crippen LogP contribution in [0.4, 0.5) is 5.69 Å². The summed E-state index contributed by atoms with van der Waals surface area (Å²) in [6.45, 7) is 4.25. The highest BCUT2D eigenvalue weighted by molar-refractivity contribution is 6.01. The van der Waals surface area contributed by atoms with Gasteiger partial charge in [-0.25, -0.2) is 0 Å². The number of amides is 2. The summed E-state index contributed by atoms with van der Waals surface area (Å²) in [6, 6.07) is 7.01. The summed E-state index contributed by atoms with van der Waals surface area (Å²) in [7, 11) is 3.70. The molecule has 0 bridgehead atoms. The van der Waals surface area contributed by atoms with E-state index in [0.717, 1.165) is 51.1 Å². The molecule has 9 heteroatoms. The largest absolute Gasteiger partial charge is 0.377 e. The Morgan fingerprint density at radius 2 is 1.74 bits per heavy atom. The minimum Gasteiger partial charge on any atom is -0.377 e. The zero-order chi connectivity index (χ0) is 24.6. The molecule has 4 aliphatic rings. The normalized spacial score (nSPS) is 28.7. The molecule has 3 atom stereocenters. The number of hydrogen-bond donors (Lipinski definition) is 1. The summed E-state index contributed by atoms with van der Waals surface area (Å²) >= 11 is 0. The zero-order valence-electron chi connectivity index (χ0n) is 20.7. The smallest absolute Gasteiger partial charge is 0.252 e. The van der Waals surface area contributed by atoms with Crippen molar-refractivity contribution in [2.75, 3.05) is 58.4 Å². The van der Waals surface area contributed by atoms with Gasteiger partial charge in [0.2, 0.25) is 5.91 Å². The van der Waals surface area contributed by atoms with Crippen molar-refractivity contribution in [1.82, 2.24) is 15.1 Å². The van der Waals surface area contributed by atoms with Gasteiger partial charge in [0.15, 0.2) is 5.78 Å². The molecule has 5 rings (SSSR count). The molecule has 1 saturated carbocycles. The van der Waals surface area contributed by atoms with Gasteiger partial charge in [0, 0.05) is 44.5 Å². The Morgan fingerprint density at radius 1 is 1.06 bits per heavy atom. The van der Waals surface area contributed by atoms with Gasteiger partial charge in [-0.15, -0.1) is 0 Å². The topological polar surface area (TPSA) is 91.4 Å². The Kier molecular flexibility index (Phi) is 6.83. The number of anilines is 1. The van der Waals surface area contributed by atoms with Crippen molar-refractivity contribution >= 4 is 23.3 Å². The Bertz CT molecular complexity index is 953. The molecule has 0 unspecified atom stereocenters. The number of likely N-dealkylation sites (N-methyl/N-ethyl adjacent to an activating group) is 1. The van der Waals surface area contributed by atoms with Crippen LogP contribution in [0, 0.1) is 0 Å². The fourth-order valence-electron chi connectivity index (χ4n) is 6.03. The number of benzene rings is 1. The number of ketones is 1. The van der Waals surface area contributed by atoms with Crippen LogP contribution >= 0.6 is 0 Å². The first-order valence-electron chi connectivity index (χ1n) is 12.8. The number of carbonyl (C=O) groups excluding carboxylic acids is 3. The summed E-state index contributed by atoms with van der Waals surface area (Å²) in [6.07, 6.45) is 3.10. The molecule has 1 aliphatic carbocycles. The highest BCUT2D eigenvalue weighted by Crippen LogP contribution is 2.36. The van der Waals surface area contributed by atoms with E-state index in [1.165, 1.54) is 0 Å². The molecule has 35 heavy (non-hydrogen) atoms. The number of ether oxygens (including phenoxy) is 2. The molecular formula is C26H36N4O5. The van der Waals surface area contributed by atoms with Crippen molar-refractivity contribution in [3.8, 4) is 0 Å². The molecule has 2 amide bonds. The molecule has 1 aromatic carbocycles. The van der Waals surface area contributed by atoms with Crippen LogP contribution in [0.1, 0.15) is 42.5 Å². The van der Waals surface area contributed by atoms with Gasteiger partial charge in [0.1, 0.15) is 30.4 Å². The lowest BCUT2D eigenvalue weighted by Crippen LogP contribution is -2.62. The summed E-state index contributed by atoms with van der Waals surface area (Å²) in [5.74, 6) is -0.536. The van der Waals surface area contributed by atoms with Crippen LogP contribution in [0.25, 0.3) is 0 Å². The molecule has 0 aromatic heterocycles. The first-order valence-corrected chi connectivity index (χ1v) is 12.8. The Hall–Kier alpha value is -2.49. The SMILES string of the molecule is CO[C@H]1CN(C(=O)C2(NC(=O)c3ccc(N4CCN(C)CC4)cc3)CCCCC2)[C@@H]2C(=O)CO[C@H]12. The van der Waals surface area contributed by atoms with Gasteiger partial charge in [-0.05, 0) is 44.2 Å². The van der Waals surface area contributed by atoms with Gasteiger partial charge in [0.05, 0.1) is 6.54 Å². The average molecular weight is 485 g/mol. The number of piperazine rings is 1. The van der Waals surface area contributed by atoms with E-state index in [4.69, 9.17) is 9.47 Å². The third kappa shape index (κ3) is 4.57. The summed E-state index contributed by atoms with van der Waals surface area (Å²) in [5, 5.41) is 3.11. The van der Waals surface area contributed by atoms with E-state index in [1.54, 1.807) is 12.0 Å². The number of rotatable bonds is 5. The van der Waals surface area contributed by atoms with Gasteiger partial charge in [0.25, 0.3) is 5.91 Å². The maximum absolute atomic E-state index is 14.0. The van der Waals surface area contributed by atoms with Gasteiger partial charge >= 0.3 is 0 Å². The minimum absolute atomic E-state index is 0.00200. The van der Waals surface area contributed by atoms with Crippen LogP contribution in [0.5, 0.6) is 0 Å². The highest BCUT2D eigenvalue weighted by atomic mass is 16.5. The second kappa shape index (κ2) is 9.87. The van der Waals surface area contributed by atoms with E-state index in [-0.39, 0.29) is 30.3 Å². The third-order valence-corrected chi connectivity index (χ3v) is 8.17. The predicted molar refractivity (Wildman–Crippen MR) is 130 cm³/mol. The maximum Gasteiger partial charge on any atom is 0.252 e. The van der Waals surface area contributed by atoms with Crippen molar-refractivity contribution in [2.24, 2.45) is 0 Å². The number of nitrogens with one attached hydrogen (secondary N) is 1. The molecule has 1 aromatic rings. The molecule has 0 spiro atoms. The van der Waals surface area contributed by atoms with Crippen LogP contribution in [-0.2, 0) is 19.1 Å². The minimum atomic E-state index is -1.01. The Balaban J connectivity index is 1.33. The van der Waals surface area contributed by atoms with Gasteiger partial charge in [-0.2, -0.15) is 0 Å². The number of nitrogens with zero attached hydrogens (tertiary/aromatic N) is 3. The molecule has 9 nitrogen and oxygen atoms in total. The van der Waals surface area contributed by atoms with Gasteiger partial charge in [-0.1, -0.05) is 19.3 Å². The molecule has 4 fully saturated rings. The monoisotopic (exact) mass is 484 g/mol. The lowest BCUT2D eigenvalue weighted by atomic mass is 9.80. The lowest BCUT2D eigenvalue weighted by Gasteiger charge is -2.40. The van der Waals surface area contributed by atoms with E-state index in [2.05, 4.69) is 22.2 Å². The molecule has 190 valence electrons. The highest BCUT2D eigenvalue weighted by Gasteiger charge is 2.56. The number of fused-ring (bicyclic) bond motifs is 1. The Morgan fingerprint density at radius 3 is 2.40 bits per heavy atom. The molecular weight excluding hydrogens is 448 g/mol. The number of Topliss-reactive ketones (excluding diaryl/α,β-unsaturated/α-hetero) is 1. The van der Waals surface area contributed by atoms with Crippen molar-refractivity contribution in [2.45, 2.75) is 55.9 Å². The van der Waals surface area contributed by atoms with E-state index < -0.39 is 17.7 Å². The number of likely N-dealkylation sites (tertiary alicyclic amines) is 1. The lowest BCUT2D eigenvalue weighted by molar-refractivity contribution is -0.143. The zero-order valence-corrected chi connectivity index (χ0v) is 20.7. The summed E-state index contributed by atoms with van der Waals surface area (Å²) in [4.78, 5) is 46.1. The third-order valence-electron chi connectivity index (χ3n) is 8.17. The van der Waals surface area contributed by atoms with E-state index in [9.17, 15) is 14.4 Å². The fourth-order valence-corrected chi connectivity index (χ4v) is 6.03. The molecule has 3 heterocycles. The number of methoxy groups -OCH3 is 1. The van der Waals surface area contributed by atoms with E-state index >= 15 is 0 Å². The number of carbonyl (C=O) groups is 3.